The summed E-state index contributed by atoms with van der Waals surface area (Å²) in [6.07, 6.45) is 6.68. The number of nitrogens with zero attached hydrogens (tertiary/aromatic N) is 1. The molecule has 4 heteroatoms. The zero-order valence-corrected chi connectivity index (χ0v) is 10.1. The first-order valence-corrected chi connectivity index (χ1v) is 5.64. The molecule has 1 heterocycles. The molecule has 92 valence electrons. The fourth-order valence-corrected chi connectivity index (χ4v) is 1.51. The van der Waals surface area contributed by atoms with Crippen LogP contribution in [0.5, 0.6) is 0 Å². The lowest BCUT2D eigenvalue weighted by Gasteiger charge is -2.13. The molecule has 1 aromatic rings. The Morgan fingerprint density at radius 3 is 2.94 bits per heavy atom. The van der Waals surface area contributed by atoms with Crippen LogP contribution in [0.3, 0.4) is 0 Å². The molecule has 0 aliphatic rings. The Hall–Kier alpha value is -1.68. The molecule has 1 aromatic heterocycles. The minimum absolute atomic E-state index is 0.0407. The van der Waals surface area contributed by atoms with Crippen molar-refractivity contribution in [2.45, 2.75) is 32.4 Å². The van der Waals surface area contributed by atoms with Crippen molar-refractivity contribution >= 4 is 12.0 Å². The molecular weight excluding hydrogens is 216 g/mol. The van der Waals surface area contributed by atoms with E-state index in [0.29, 0.717) is 6.42 Å². The van der Waals surface area contributed by atoms with Gasteiger partial charge in [-0.1, -0.05) is 6.07 Å². The van der Waals surface area contributed by atoms with E-state index >= 15 is 0 Å². The molecule has 0 spiro atoms. The van der Waals surface area contributed by atoms with Gasteiger partial charge in [0.15, 0.2) is 0 Å². The lowest BCUT2D eigenvalue weighted by atomic mass is 10.1. The smallest absolute Gasteiger partial charge is 0.244 e. The Balaban J connectivity index is 2.42. The Morgan fingerprint density at radius 2 is 2.35 bits per heavy atom. The molecule has 4 nitrogen and oxygen atoms in total. The summed E-state index contributed by atoms with van der Waals surface area (Å²) >= 11 is 0. The molecule has 1 rings (SSSR count). The number of hydrogen-bond donors (Lipinski definition) is 2. The molecule has 2 N–H and O–H groups in total. The maximum Gasteiger partial charge on any atom is 0.244 e. The summed E-state index contributed by atoms with van der Waals surface area (Å²) in [6, 6.07) is 3.64. The minimum atomic E-state index is -0.410. The number of rotatable bonds is 5. The third-order valence-corrected chi connectivity index (χ3v) is 2.19. The van der Waals surface area contributed by atoms with E-state index < -0.39 is 6.10 Å². The van der Waals surface area contributed by atoms with Gasteiger partial charge >= 0.3 is 0 Å². The summed E-state index contributed by atoms with van der Waals surface area (Å²) in [5.74, 6) is -0.165. The van der Waals surface area contributed by atoms with E-state index in [1.807, 2.05) is 19.1 Å². The molecule has 17 heavy (non-hydrogen) atoms. The molecule has 0 radical (unpaired) electrons. The lowest BCUT2D eigenvalue weighted by Crippen LogP contribution is -2.33. The summed E-state index contributed by atoms with van der Waals surface area (Å²) in [7, 11) is 0. The predicted molar refractivity (Wildman–Crippen MR) is 67.2 cm³/mol. The first-order chi connectivity index (χ1) is 8.08. The fraction of sp³-hybridized carbons (Fsp3) is 0.385. The van der Waals surface area contributed by atoms with Crippen molar-refractivity contribution in [2.24, 2.45) is 0 Å². The van der Waals surface area contributed by atoms with Gasteiger partial charge in [0, 0.05) is 24.5 Å². The molecule has 0 aliphatic heterocycles. The highest BCUT2D eigenvalue weighted by Gasteiger charge is 2.07. The van der Waals surface area contributed by atoms with Gasteiger partial charge in [0.1, 0.15) is 0 Å². The number of amides is 1. The average Bonchev–Trinajstić information content (AvgIpc) is 2.26. The number of aliphatic hydroxyl groups excluding tert-OH is 1. The summed E-state index contributed by atoms with van der Waals surface area (Å²) in [6.45, 7) is 3.57. The van der Waals surface area contributed by atoms with Crippen LogP contribution in [0.1, 0.15) is 25.8 Å². The highest BCUT2D eigenvalue weighted by atomic mass is 16.3. The van der Waals surface area contributed by atoms with Gasteiger partial charge in [0.25, 0.3) is 0 Å². The molecule has 0 saturated carbocycles. The Labute approximate surface area is 101 Å². The highest BCUT2D eigenvalue weighted by molar-refractivity contribution is 5.91. The van der Waals surface area contributed by atoms with Crippen molar-refractivity contribution in [3.05, 3.63) is 36.2 Å². The molecule has 2 atom stereocenters. The molecule has 1 amide bonds. The van der Waals surface area contributed by atoms with Crippen LogP contribution in [0.15, 0.2) is 30.6 Å². The number of nitrogens with one attached hydrogen (secondary N) is 1. The van der Waals surface area contributed by atoms with Gasteiger partial charge in [-0.15, -0.1) is 0 Å². The molecule has 0 fully saturated rings. The number of hydrogen-bond acceptors (Lipinski definition) is 3. The SMILES string of the molecule is CC(O)CC(C)NC(=O)/C=C/c1cccnc1. The van der Waals surface area contributed by atoms with Gasteiger partial charge in [-0.3, -0.25) is 9.78 Å². The Kier molecular flexibility index (Phi) is 5.36. The van der Waals surface area contributed by atoms with Crippen LogP contribution in [-0.4, -0.2) is 28.1 Å². The molecule has 0 aromatic carbocycles. The number of pyridine rings is 1. The van der Waals surface area contributed by atoms with E-state index in [-0.39, 0.29) is 11.9 Å². The van der Waals surface area contributed by atoms with Gasteiger partial charge in [0.05, 0.1) is 6.10 Å². The Bertz CT molecular complexity index is 374. The van der Waals surface area contributed by atoms with Crippen molar-refractivity contribution in [3.63, 3.8) is 0 Å². The lowest BCUT2D eigenvalue weighted by molar-refractivity contribution is -0.117. The summed E-state index contributed by atoms with van der Waals surface area (Å²) in [4.78, 5) is 15.5. The van der Waals surface area contributed by atoms with Crippen molar-refractivity contribution in [1.29, 1.82) is 0 Å². The van der Waals surface area contributed by atoms with E-state index in [9.17, 15) is 4.79 Å². The van der Waals surface area contributed by atoms with E-state index in [1.54, 1.807) is 25.4 Å². The fourth-order valence-electron chi connectivity index (χ4n) is 1.51. The van der Waals surface area contributed by atoms with Crippen LogP contribution >= 0.6 is 0 Å². The quantitative estimate of drug-likeness (QED) is 0.756. The second-order valence-corrected chi connectivity index (χ2v) is 4.11. The second kappa shape index (κ2) is 6.81. The van der Waals surface area contributed by atoms with Crippen LogP contribution in [0.2, 0.25) is 0 Å². The number of carbonyl (C=O) groups excluding carboxylic acids is 1. The van der Waals surface area contributed by atoms with Gasteiger partial charge in [-0.2, -0.15) is 0 Å². The van der Waals surface area contributed by atoms with Gasteiger partial charge in [-0.25, -0.2) is 0 Å². The third-order valence-electron chi connectivity index (χ3n) is 2.19. The van der Waals surface area contributed by atoms with Crippen molar-refractivity contribution in [1.82, 2.24) is 10.3 Å². The van der Waals surface area contributed by atoms with Gasteiger partial charge < -0.3 is 10.4 Å². The molecule has 2 unspecified atom stereocenters. The first kappa shape index (κ1) is 13.4. The topological polar surface area (TPSA) is 62.2 Å². The summed E-state index contributed by atoms with van der Waals surface area (Å²) < 4.78 is 0. The summed E-state index contributed by atoms with van der Waals surface area (Å²) in [5, 5.41) is 11.9. The zero-order chi connectivity index (χ0) is 12.7. The summed E-state index contributed by atoms with van der Waals surface area (Å²) in [5.41, 5.74) is 0.880. The maximum atomic E-state index is 11.5. The highest BCUT2D eigenvalue weighted by Crippen LogP contribution is 1.99. The second-order valence-electron chi connectivity index (χ2n) is 4.11. The van der Waals surface area contributed by atoms with Crippen LogP contribution in [-0.2, 0) is 4.79 Å². The van der Waals surface area contributed by atoms with Crippen LogP contribution in [0.4, 0.5) is 0 Å². The Morgan fingerprint density at radius 1 is 1.59 bits per heavy atom. The van der Waals surface area contributed by atoms with E-state index in [4.69, 9.17) is 5.11 Å². The van der Waals surface area contributed by atoms with Gasteiger partial charge in [-0.05, 0) is 38.0 Å². The normalized spacial score (nSPS) is 14.5. The molecule has 0 aliphatic carbocycles. The van der Waals surface area contributed by atoms with E-state index in [1.165, 1.54) is 6.08 Å². The molecular formula is C13H18N2O2. The first-order valence-electron chi connectivity index (χ1n) is 5.64. The monoisotopic (exact) mass is 234 g/mol. The van der Waals surface area contributed by atoms with Crippen molar-refractivity contribution in [2.75, 3.05) is 0 Å². The number of carbonyl (C=O) groups is 1. The largest absolute Gasteiger partial charge is 0.393 e. The van der Waals surface area contributed by atoms with E-state index in [2.05, 4.69) is 10.3 Å². The predicted octanol–water partition coefficient (Wildman–Crippen LogP) is 1.37. The average molecular weight is 234 g/mol. The maximum absolute atomic E-state index is 11.5. The van der Waals surface area contributed by atoms with Gasteiger partial charge in [0.2, 0.25) is 5.91 Å². The standard InChI is InChI=1S/C13H18N2O2/c1-10(8-11(2)16)15-13(17)6-5-12-4-3-7-14-9-12/h3-7,9-11,16H,8H2,1-2H3,(H,15,17)/b6-5+. The van der Waals surface area contributed by atoms with E-state index in [0.717, 1.165) is 5.56 Å². The molecule has 0 bridgehead atoms. The van der Waals surface area contributed by atoms with Crippen molar-refractivity contribution in [3.8, 4) is 0 Å². The van der Waals surface area contributed by atoms with Crippen LogP contribution in [0.25, 0.3) is 6.08 Å². The number of aliphatic hydroxyl groups is 1. The minimum Gasteiger partial charge on any atom is -0.393 e. The van der Waals surface area contributed by atoms with Crippen molar-refractivity contribution < 1.29 is 9.90 Å². The zero-order valence-electron chi connectivity index (χ0n) is 10.1. The number of aromatic nitrogens is 1. The third kappa shape index (κ3) is 5.82. The van der Waals surface area contributed by atoms with Crippen LogP contribution < -0.4 is 5.32 Å². The molecule has 0 saturated heterocycles. The van der Waals surface area contributed by atoms with Crippen LogP contribution in [0, 0.1) is 0 Å².